The first-order chi connectivity index (χ1) is 8.25. The van der Waals surface area contributed by atoms with Crippen LogP contribution in [0.5, 0.6) is 0 Å². The lowest BCUT2D eigenvalue weighted by Gasteiger charge is -2.33. The summed E-state index contributed by atoms with van der Waals surface area (Å²) in [6.07, 6.45) is 1.87. The van der Waals surface area contributed by atoms with Gasteiger partial charge in [-0.1, -0.05) is 17.8 Å². The maximum absolute atomic E-state index is 10.8. The van der Waals surface area contributed by atoms with Crippen molar-refractivity contribution in [2.24, 2.45) is 4.99 Å². The van der Waals surface area contributed by atoms with Gasteiger partial charge in [-0.25, -0.2) is 0 Å². The van der Waals surface area contributed by atoms with Gasteiger partial charge in [-0.05, 0) is 17.5 Å². The van der Waals surface area contributed by atoms with Crippen molar-refractivity contribution in [3.8, 4) is 0 Å². The number of carboxylic acids is 1. The van der Waals surface area contributed by atoms with Gasteiger partial charge in [-0.3, -0.25) is 9.79 Å². The smallest absolute Gasteiger partial charge is 0.309 e. The van der Waals surface area contributed by atoms with E-state index in [0.29, 0.717) is 6.54 Å². The Morgan fingerprint density at radius 1 is 1.53 bits per heavy atom. The van der Waals surface area contributed by atoms with Crippen molar-refractivity contribution in [2.45, 2.75) is 11.3 Å². The van der Waals surface area contributed by atoms with Crippen molar-refractivity contribution in [2.75, 3.05) is 11.4 Å². The summed E-state index contributed by atoms with van der Waals surface area (Å²) >= 11 is 1.57. The molecule has 17 heavy (non-hydrogen) atoms. The predicted octanol–water partition coefficient (Wildman–Crippen LogP) is 2.63. The number of rotatable bonds is 2. The maximum atomic E-state index is 10.8. The summed E-state index contributed by atoms with van der Waals surface area (Å²) in [6.45, 7) is 0.643. The summed E-state index contributed by atoms with van der Waals surface area (Å²) in [6, 6.07) is 5.95. The molecular formula is C12H10N2O2S. The van der Waals surface area contributed by atoms with Crippen molar-refractivity contribution < 1.29 is 9.90 Å². The summed E-state index contributed by atoms with van der Waals surface area (Å²) in [5.41, 5.74) is 2.78. The first-order valence-electron chi connectivity index (χ1n) is 5.26. The second kappa shape index (κ2) is 3.92. The van der Waals surface area contributed by atoms with Crippen molar-refractivity contribution >= 4 is 35.3 Å². The van der Waals surface area contributed by atoms with Crippen LogP contribution in [0.15, 0.2) is 39.2 Å². The normalized spacial score (nSPS) is 16.5. The fraction of sp³-hybridized carbons (Fsp3) is 0.167. The molecule has 0 bridgehead atoms. The zero-order chi connectivity index (χ0) is 11.8. The molecule has 3 rings (SSSR count). The van der Waals surface area contributed by atoms with Gasteiger partial charge >= 0.3 is 5.97 Å². The number of hydrogen-bond acceptors (Lipinski definition) is 4. The number of aliphatic carboxylic acids is 1. The number of para-hydroxylation sites is 1. The molecule has 1 N–H and O–H groups in total. The summed E-state index contributed by atoms with van der Waals surface area (Å²) in [4.78, 5) is 18.3. The minimum absolute atomic E-state index is 0.0502. The van der Waals surface area contributed by atoms with E-state index in [2.05, 4.69) is 4.99 Å². The van der Waals surface area contributed by atoms with E-state index >= 15 is 0 Å². The van der Waals surface area contributed by atoms with Crippen LogP contribution in [0.25, 0.3) is 0 Å². The number of thioether (sulfide) groups is 1. The van der Waals surface area contributed by atoms with Gasteiger partial charge in [0.15, 0.2) is 0 Å². The predicted molar refractivity (Wildman–Crippen MR) is 68.1 cm³/mol. The van der Waals surface area contributed by atoms with E-state index in [1.165, 1.54) is 0 Å². The van der Waals surface area contributed by atoms with Crippen LogP contribution in [0.1, 0.15) is 6.42 Å². The van der Waals surface area contributed by atoms with E-state index in [1.807, 2.05) is 34.7 Å². The minimum Gasteiger partial charge on any atom is -0.481 e. The third-order valence-corrected chi connectivity index (χ3v) is 3.72. The topological polar surface area (TPSA) is 52.9 Å². The number of hydrogen-bond donors (Lipinski definition) is 1. The highest BCUT2D eigenvalue weighted by Gasteiger charge is 2.25. The average molecular weight is 246 g/mol. The average Bonchev–Trinajstić information content (AvgIpc) is 2.33. The molecule has 1 aromatic rings. The molecule has 0 fully saturated rings. The molecule has 0 atom stereocenters. The Morgan fingerprint density at radius 3 is 3.24 bits per heavy atom. The number of benzene rings is 1. The lowest BCUT2D eigenvalue weighted by atomic mass is 10.2. The number of carboxylic acid groups (broad SMARTS) is 1. The molecule has 0 unspecified atom stereocenters. The van der Waals surface area contributed by atoms with Crippen LogP contribution in [0.2, 0.25) is 0 Å². The second-order valence-corrected chi connectivity index (χ2v) is 4.75. The van der Waals surface area contributed by atoms with Gasteiger partial charge in [0.05, 0.1) is 24.3 Å². The van der Waals surface area contributed by atoms with Crippen LogP contribution in [0, 0.1) is 0 Å². The molecule has 5 heteroatoms. The summed E-state index contributed by atoms with van der Waals surface area (Å²) in [7, 11) is 0. The third kappa shape index (κ3) is 1.72. The number of aliphatic imine (C=N–C) groups is 1. The van der Waals surface area contributed by atoms with Crippen molar-refractivity contribution in [1.82, 2.24) is 0 Å². The third-order valence-electron chi connectivity index (χ3n) is 2.74. The van der Waals surface area contributed by atoms with Crippen LogP contribution < -0.4 is 4.90 Å². The van der Waals surface area contributed by atoms with E-state index < -0.39 is 5.97 Å². The molecule has 2 aliphatic rings. The van der Waals surface area contributed by atoms with Gasteiger partial charge in [-0.2, -0.15) is 0 Å². The molecule has 0 aromatic heterocycles. The van der Waals surface area contributed by atoms with Crippen LogP contribution in [-0.2, 0) is 4.79 Å². The first-order valence-corrected chi connectivity index (χ1v) is 6.14. The van der Waals surface area contributed by atoms with Crippen molar-refractivity contribution in [3.05, 3.63) is 29.3 Å². The van der Waals surface area contributed by atoms with E-state index in [4.69, 9.17) is 5.11 Å². The monoisotopic (exact) mass is 246 g/mol. The summed E-state index contributed by atoms with van der Waals surface area (Å²) in [5.74, 6) is -0.805. The molecule has 0 radical (unpaired) electrons. The molecule has 2 heterocycles. The van der Waals surface area contributed by atoms with Gasteiger partial charge < -0.3 is 10.0 Å². The van der Waals surface area contributed by atoms with E-state index in [0.717, 1.165) is 22.0 Å². The van der Waals surface area contributed by atoms with Crippen LogP contribution >= 0.6 is 11.8 Å². The highest BCUT2D eigenvalue weighted by molar-refractivity contribution is 8.02. The van der Waals surface area contributed by atoms with Gasteiger partial charge in [0.1, 0.15) is 0 Å². The highest BCUT2D eigenvalue weighted by atomic mass is 32.2. The number of carbonyl (C=O) groups is 1. The zero-order valence-corrected chi connectivity index (χ0v) is 9.78. The maximum Gasteiger partial charge on any atom is 0.309 e. The molecule has 2 aliphatic heterocycles. The van der Waals surface area contributed by atoms with Gasteiger partial charge in [-0.15, -0.1) is 0 Å². The summed E-state index contributed by atoms with van der Waals surface area (Å²) < 4.78 is 0. The Morgan fingerprint density at radius 2 is 2.41 bits per heavy atom. The molecule has 0 spiro atoms. The number of nitrogens with zero attached hydrogens (tertiary/aromatic N) is 2. The SMILES string of the molecule is O=C(O)CC1=CSc2cccc3c2N1CC=N3. The standard InChI is InChI=1S/C12H10N2O2S/c15-11(16)6-8-7-17-10-3-1-2-9-12(10)14(8)5-4-13-9/h1-4,7H,5-6H2,(H,15,16). The second-order valence-electron chi connectivity index (χ2n) is 3.84. The highest BCUT2D eigenvalue weighted by Crippen LogP contribution is 2.45. The molecule has 0 amide bonds. The van der Waals surface area contributed by atoms with Gasteiger partial charge in [0.25, 0.3) is 0 Å². The molecule has 4 nitrogen and oxygen atoms in total. The molecule has 0 saturated carbocycles. The van der Waals surface area contributed by atoms with E-state index in [9.17, 15) is 4.79 Å². The quantitative estimate of drug-likeness (QED) is 0.871. The molecule has 86 valence electrons. The molecule has 0 aliphatic carbocycles. The van der Waals surface area contributed by atoms with E-state index in [1.54, 1.807) is 11.8 Å². The van der Waals surface area contributed by atoms with Crippen LogP contribution in [-0.4, -0.2) is 23.8 Å². The first kappa shape index (κ1) is 10.4. The Labute approximate surface area is 103 Å². The molecular weight excluding hydrogens is 236 g/mol. The lowest BCUT2D eigenvalue weighted by molar-refractivity contribution is -0.136. The number of anilines is 1. The Kier molecular flexibility index (Phi) is 2.40. The van der Waals surface area contributed by atoms with Crippen molar-refractivity contribution in [1.29, 1.82) is 0 Å². The lowest BCUT2D eigenvalue weighted by Crippen LogP contribution is -2.29. The Hall–Kier alpha value is -1.75. The Bertz CT molecular complexity index is 551. The van der Waals surface area contributed by atoms with Crippen LogP contribution in [0.4, 0.5) is 11.4 Å². The van der Waals surface area contributed by atoms with Gasteiger partial charge in [0, 0.05) is 16.8 Å². The van der Waals surface area contributed by atoms with Crippen LogP contribution in [0.3, 0.4) is 0 Å². The summed E-state index contributed by atoms with van der Waals surface area (Å²) in [5, 5.41) is 10.8. The fourth-order valence-corrected chi connectivity index (χ4v) is 3.00. The van der Waals surface area contributed by atoms with Gasteiger partial charge in [0.2, 0.25) is 0 Å². The van der Waals surface area contributed by atoms with Crippen molar-refractivity contribution in [3.63, 3.8) is 0 Å². The molecule has 1 aromatic carbocycles. The zero-order valence-electron chi connectivity index (χ0n) is 8.96. The van der Waals surface area contributed by atoms with E-state index in [-0.39, 0.29) is 6.42 Å². The fourth-order valence-electron chi connectivity index (χ4n) is 2.04. The molecule has 0 saturated heterocycles. The largest absolute Gasteiger partial charge is 0.481 e. The Balaban J connectivity index is 2.06. The minimum atomic E-state index is -0.805.